The summed E-state index contributed by atoms with van der Waals surface area (Å²) in [5, 5.41) is 16.4. The average molecular weight is 356 g/mol. The summed E-state index contributed by atoms with van der Waals surface area (Å²) in [6.45, 7) is 1.65. The summed E-state index contributed by atoms with van der Waals surface area (Å²) < 4.78 is 10.9. The number of aliphatic hydroxyl groups is 1. The van der Waals surface area contributed by atoms with Crippen molar-refractivity contribution in [2.45, 2.75) is 18.4 Å². The quantitative estimate of drug-likeness (QED) is 0.740. The first kappa shape index (κ1) is 18.2. The molecule has 0 spiro atoms. The van der Waals surface area contributed by atoms with Crippen LogP contribution >= 0.6 is 0 Å². The summed E-state index contributed by atoms with van der Waals surface area (Å²) in [5.41, 5.74) is -0.342. The van der Waals surface area contributed by atoms with Crippen molar-refractivity contribution >= 4 is 5.91 Å². The minimum Gasteiger partial charge on any atom is -0.497 e. The Balaban J connectivity index is 1.55. The van der Waals surface area contributed by atoms with Crippen LogP contribution in [0.25, 0.3) is 0 Å². The molecule has 1 fully saturated rings. The second-order valence-corrected chi connectivity index (χ2v) is 6.49. The Morgan fingerprint density at radius 3 is 2.31 bits per heavy atom. The topological polar surface area (TPSA) is 79.8 Å². The lowest BCUT2D eigenvalue weighted by Crippen LogP contribution is -2.52. The fourth-order valence-corrected chi connectivity index (χ4v) is 2.90. The number of methoxy groups -OCH3 is 1. The van der Waals surface area contributed by atoms with E-state index in [1.807, 2.05) is 24.3 Å². The summed E-state index contributed by atoms with van der Waals surface area (Å²) >= 11 is 0. The van der Waals surface area contributed by atoms with Crippen molar-refractivity contribution in [2.75, 3.05) is 26.7 Å². The third-order valence-electron chi connectivity index (χ3n) is 4.44. The van der Waals surface area contributed by atoms with Crippen LogP contribution in [-0.2, 0) is 0 Å². The minimum atomic E-state index is -0.870. The highest BCUT2D eigenvalue weighted by Crippen LogP contribution is 2.24. The molecule has 1 saturated heterocycles. The zero-order chi connectivity index (χ0) is 18.4. The lowest BCUT2D eigenvalue weighted by Gasteiger charge is -2.32. The van der Waals surface area contributed by atoms with E-state index in [4.69, 9.17) is 9.47 Å². The molecule has 0 aliphatic carbocycles. The number of rotatable bonds is 6. The standard InChI is InChI=1S/C20H24N2O4/c1-25-16-7-9-18(10-8-16)26-17-5-3-15(4-6-17)19(23)22-14-20(24)11-2-12-21-13-20/h3-10,21,24H,2,11-14H2,1H3,(H,22,23)/t20-/m0/s1. The predicted molar refractivity (Wildman–Crippen MR) is 98.9 cm³/mol. The Morgan fingerprint density at radius 1 is 1.12 bits per heavy atom. The van der Waals surface area contributed by atoms with E-state index < -0.39 is 5.60 Å². The minimum absolute atomic E-state index is 0.208. The van der Waals surface area contributed by atoms with Crippen LogP contribution < -0.4 is 20.1 Å². The number of hydrogen-bond donors (Lipinski definition) is 3. The Labute approximate surface area is 153 Å². The highest BCUT2D eigenvalue weighted by molar-refractivity contribution is 5.94. The maximum absolute atomic E-state index is 12.3. The van der Waals surface area contributed by atoms with Gasteiger partial charge in [0.05, 0.1) is 12.7 Å². The average Bonchev–Trinajstić information content (AvgIpc) is 2.68. The Hall–Kier alpha value is -2.57. The molecule has 3 N–H and O–H groups in total. The third kappa shape index (κ3) is 4.74. The van der Waals surface area contributed by atoms with E-state index in [9.17, 15) is 9.90 Å². The highest BCUT2D eigenvalue weighted by Gasteiger charge is 2.29. The second-order valence-electron chi connectivity index (χ2n) is 6.49. The molecule has 0 aromatic heterocycles. The Morgan fingerprint density at radius 2 is 1.73 bits per heavy atom. The van der Waals surface area contributed by atoms with Crippen LogP contribution in [0.1, 0.15) is 23.2 Å². The lowest BCUT2D eigenvalue weighted by molar-refractivity contribution is 0.0170. The molecule has 1 atom stereocenters. The molecule has 2 aromatic carbocycles. The van der Waals surface area contributed by atoms with Crippen LogP contribution in [0.5, 0.6) is 17.2 Å². The summed E-state index contributed by atoms with van der Waals surface area (Å²) in [7, 11) is 1.61. The molecule has 2 aromatic rings. The van der Waals surface area contributed by atoms with Gasteiger partial charge in [-0.2, -0.15) is 0 Å². The van der Waals surface area contributed by atoms with Gasteiger partial charge < -0.3 is 25.2 Å². The summed E-state index contributed by atoms with van der Waals surface area (Å²) in [6.07, 6.45) is 1.60. The van der Waals surface area contributed by atoms with Crippen molar-refractivity contribution in [1.82, 2.24) is 10.6 Å². The van der Waals surface area contributed by atoms with Gasteiger partial charge in [-0.05, 0) is 67.9 Å². The van der Waals surface area contributed by atoms with Crippen LogP contribution in [0, 0.1) is 0 Å². The van der Waals surface area contributed by atoms with Gasteiger partial charge in [-0.1, -0.05) is 0 Å². The molecule has 138 valence electrons. The maximum atomic E-state index is 12.3. The number of nitrogens with one attached hydrogen (secondary N) is 2. The van der Waals surface area contributed by atoms with Crippen LogP contribution in [0.15, 0.2) is 48.5 Å². The highest BCUT2D eigenvalue weighted by atomic mass is 16.5. The van der Waals surface area contributed by atoms with E-state index in [0.717, 1.165) is 18.7 Å². The van der Waals surface area contributed by atoms with Gasteiger partial charge >= 0.3 is 0 Å². The summed E-state index contributed by atoms with van der Waals surface area (Å²) in [4.78, 5) is 12.3. The first-order valence-corrected chi connectivity index (χ1v) is 8.71. The van der Waals surface area contributed by atoms with Crippen molar-refractivity contribution in [3.05, 3.63) is 54.1 Å². The zero-order valence-electron chi connectivity index (χ0n) is 14.8. The molecule has 6 nitrogen and oxygen atoms in total. The van der Waals surface area contributed by atoms with E-state index >= 15 is 0 Å². The van der Waals surface area contributed by atoms with Crippen LogP contribution in [0.3, 0.4) is 0 Å². The van der Waals surface area contributed by atoms with Gasteiger partial charge in [-0.25, -0.2) is 0 Å². The van der Waals surface area contributed by atoms with Gasteiger partial charge in [0, 0.05) is 18.7 Å². The van der Waals surface area contributed by atoms with Gasteiger partial charge in [-0.3, -0.25) is 4.79 Å². The van der Waals surface area contributed by atoms with Gasteiger partial charge in [0.25, 0.3) is 5.91 Å². The normalized spacial score (nSPS) is 19.6. The Kier molecular flexibility index (Phi) is 5.75. The lowest BCUT2D eigenvalue weighted by atomic mass is 9.94. The van der Waals surface area contributed by atoms with Crippen molar-refractivity contribution in [3.63, 3.8) is 0 Å². The number of carbonyl (C=O) groups is 1. The number of ether oxygens (including phenoxy) is 2. The SMILES string of the molecule is COc1ccc(Oc2ccc(C(=O)NC[C@]3(O)CCCNC3)cc2)cc1. The molecule has 0 radical (unpaired) electrons. The van der Waals surface area contributed by atoms with Crippen molar-refractivity contribution < 1.29 is 19.4 Å². The van der Waals surface area contributed by atoms with Crippen LogP contribution in [0.2, 0.25) is 0 Å². The summed E-state index contributed by atoms with van der Waals surface area (Å²) in [5.74, 6) is 1.89. The van der Waals surface area contributed by atoms with Crippen molar-refractivity contribution in [2.24, 2.45) is 0 Å². The van der Waals surface area contributed by atoms with Crippen molar-refractivity contribution in [3.8, 4) is 17.2 Å². The molecule has 3 rings (SSSR count). The molecule has 1 heterocycles. The summed E-state index contributed by atoms with van der Waals surface area (Å²) in [6, 6.07) is 14.2. The van der Waals surface area contributed by atoms with E-state index in [0.29, 0.717) is 30.0 Å². The molecule has 0 saturated carbocycles. The maximum Gasteiger partial charge on any atom is 0.251 e. The second kappa shape index (κ2) is 8.21. The van der Waals surface area contributed by atoms with Gasteiger partial charge in [-0.15, -0.1) is 0 Å². The van der Waals surface area contributed by atoms with E-state index in [1.165, 1.54) is 0 Å². The van der Waals surface area contributed by atoms with Gasteiger partial charge in [0.1, 0.15) is 17.2 Å². The molecule has 0 unspecified atom stereocenters. The fourth-order valence-electron chi connectivity index (χ4n) is 2.90. The number of amides is 1. The molecule has 6 heteroatoms. The van der Waals surface area contributed by atoms with Gasteiger partial charge in [0.15, 0.2) is 0 Å². The van der Waals surface area contributed by atoms with E-state index in [2.05, 4.69) is 10.6 Å². The van der Waals surface area contributed by atoms with Crippen LogP contribution in [0.4, 0.5) is 0 Å². The Bertz CT molecular complexity index is 722. The molecule has 1 amide bonds. The monoisotopic (exact) mass is 356 g/mol. The van der Waals surface area contributed by atoms with E-state index in [1.54, 1.807) is 31.4 Å². The molecular formula is C20H24N2O4. The number of carbonyl (C=O) groups excluding carboxylic acids is 1. The number of β-amino-alcohol motifs (C(OH)–C–C–N with tert-alkyl or cyclic N) is 1. The predicted octanol–water partition coefficient (Wildman–Crippen LogP) is 2.33. The first-order chi connectivity index (χ1) is 12.6. The molecule has 26 heavy (non-hydrogen) atoms. The fraction of sp³-hybridized carbons (Fsp3) is 0.350. The van der Waals surface area contributed by atoms with Crippen LogP contribution in [-0.4, -0.2) is 43.4 Å². The molecule has 1 aliphatic rings. The number of hydrogen-bond acceptors (Lipinski definition) is 5. The smallest absolute Gasteiger partial charge is 0.251 e. The van der Waals surface area contributed by atoms with E-state index in [-0.39, 0.29) is 12.5 Å². The van der Waals surface area contributed by atoms with Gasteiger partial charge in [0.2, 0.25) is 0 Å². The number of benzene rings is 2. The first-order valence-electron chi connectivity index (χ1n) is 8.71. The van der Waals surface area contributed by atoms with Crippen molar-refractivity contribution in [1.29, 1.82) is 0 Å². The third-order valence-corrected chi connectivity index (χ3v) is 4.44. The number of piperidine rings is 1. The molecule has 1 aliphatic heterocycles. The zero-order valence-corrected chi connectivity index (χ0v) is 14.8. The largest absolute Gasteiger partial charge is 0.497 e. The molecule has 0 bridgehead atoms. The molecular weight excluding hydrogens is 332 g/mol.